The minimum absolute atomic E-state index is 0.153. The Morgan fingerprint density at radius 2 is 2.00 bits per heavy atom. The molecule has 36 heavy (non-hydrogen) atoms. The number of aryl methyl sites for hydroxylation is 3. The zero-order valence-corrected chi connectivity index (χ0v) is 22.7. The molecule has 4 rings (SSSR count). The van der Waals surface area contributed by atoms with Crippen molar-refractivity contribution in [1.82, 2.24) is 14.9 Å². The Kier molecular flexibility index (Phi) is 8.78. The van der Waals surface area contributed by atoms with Gasteiger partial charge in [0, 0.05) is 17.6 Å². The summed E-state index contributed by atoms with van der Waals surface area (Å²) in [6.45, 7) is 10.1. The molecular weight excluding hydrogens is 474 g/mol. The first-order valence-electron chi connectivity index (χ1n) is 13.1. The van der Waals surface area contributed by atoms with Gasteiger partial charge in [0.2, 0.25) is 0 Å². The maximum atomic E-state index is 12.7. The molecule has 0 spiro atoms. The lowest BCUT2D eigenvalue weighted by molar-refractivity contribution is 0.0630. The molecule has 1 aliphatic rings. The summed E-state index contributed by atoms with van der Waals surface area (Å²) in [6.07, 6.45) is 6.02. The number of aromatic amines is 1. The highest BCUT2D eigenvalue weighted by atomic mass is 35.5. The van der Waals surface area contributed by atoms with Crippen molar-refractivity contribution in [2.45, 2.75) is 78.9 Å². The highest BCUT2D eigenvalue weighted by Gasteiger charge is 2.27. The summed E-state index contributed by atoms with van der Waals surface area (Å²) in [6, 6.07) is 9.87. The summed E-state index contributed by atoms with van der Waals surface area (Å²) in [5.74, 6) is 1.91. The molecule has 1 aliphatic heterocycles. The number of H-pyrrole nitrogens is 1. The number of aromatic nitrogens is 2. The standard InChI is InChI=1S/C29H38ClN3O3/c1-19(2)17-36-29(34)33-15-6-5-9-24(33)10-7-8-22-16-20(3)21(4)27-28(22)32-26(31-27)18-35-25-13-11-23(30)12-14-25/h11-14,16,19,24H,5-10,15,17-18H2,1-4H3,(H,31,32). The van der Waals surface area contributed by atoms with Crippen LogP contribution in [0.25, 0.3) is 11.0 Å². The Labute approximate surface area is 219 Å². The number of hydrogen-bond donors (Lipinski definition) is 1. The van der Waals surface area contributed by atoms with Crippen molar-refractivity contribution in [3.8, 4) is 5.75 Å². The summed E-state index contributed by atoms with van der Waals surface area (Å²) in [4.78, 5) is 23.0. The number of rotatable bonds is 9. The topological polar surface area (TPSA) is 67.5 Å². The summed E-state index contributed by atoms with van der Waals surface area (Å²) in [7, 11) is 0. The SMILES string of the molecule is Cc1cc(CCCC2CCCCN2C(=O)OCC(C)C)c2nc(COc3ccc(Cl)cc3)[nH]c2c1C. The molecular formula is C29H38ClN3O3. The van der Waals surface area contributed by atoms with Crippen LogP contribution in [0.15, 0.2) is 30.3 Å². The molecule has 0 radical (unpaired) electrons. The van der Waals surface area contributed by atoms with E-state index in [-0.39, 0.29) is 12.1 Å². The smallest absolute Gasteiger partial charge is 0.410 e. The van der Waals surface area contributed by atoms with Gasteiger partial charge in [-0.05, 0) is 99.2 Å². The summed E-state index contributed by atoms with van der Waals surface area (Å²) in [5.41, 5.74) is 5.81. The first kappa shape index (κ1) is 26.3. The van der Waals surface area contributed by atoms with Gasteiger partial charge in [-0.25, -0.2) is 9.78 Å². The zero-order valence-electron chi connectivity index (χ0n) is 21.9. The number of likely N-dealkylation sites (tertiary alicyclic amines) is 1. The second kappa shape index (κ2) is 12.0. The number of nitrogens with zero attached hydrogens (tertiary/aromatic N) is 2. The minimum atomic E-state index is -0.153. The van der Waals surface area contributed by atoms with Crippen LogP contribution in [0, 0.1) is 19.8 Å². The van der Waals surface area contributed by atoms with Crippen molar-refractivity contribution < 1.29 is 14.3 Å². The lowest BCUT2D eigenvalue weighted by Gasteiger charge is -2.35. The Hall–Kier alpha value is -2.73. The fourth-order valence-corrected chi connectivity index (χ4v) is 5.02. The summed E-state index contributed by atoms with van der Waals surface area (Å²) < 4.78 is 11.5. The molecule has 1 aromatic heterocycles. The van der Waals surface area contributed by atoms with Crippen LogP contribution in [0.4, 0.5) is 4.79 Å². The number of fused-ring (bicyclic) bond motifs is 1. The number of benzene rings is 2. The van der Waals surface area contributed by atoms with Crippen LogP contribution < -0.4 is 4.74 Å². The Morgan fingerprint density at radius 3 is 2.75 bits per heavy atom. The second-order valence-electron chi connectivity index (χ2n) is 10.3. The fourth-order valence-electron chi connectivity index (χ4n) is 4.89. The first-order chi connectivity index (χ1) is 17.3. The molecule has 0 saturated carbocycles. The molecule has 1 fully saturated rings. The van der Waals surface area contributed by atoms with Gasteiger partial charge in [-0.15, -0.1) is 0 Å². The summed E-state index contributed by atoms with van der Waals surface area (Å²) in [5, 5.41) is 0.686. The van der Waals surface area contributed by atoms with Crippen molar-refractivity contribution in [2.24, 2.45) is 5.92 Å². The van der Waals surface area contributed by atoms with Crippen molar-refractivity contribution in [2.75, 3.05) is 13.2 Å². The fraction of sp³-hybridized carbons (Fsp3) is 0.517. The number of nitrogens with one attached hydrogen (secondary N) is 1. The molecule has 1 saturated heterocycles. The van der Waals surface area contributed by atoms with Crippen LogP contribution >= 0.6 is 11.6 Å². The molecule has 3 aromatic rings. The van der Waals surface area contributed by atoms with Gasteiger partial charge >= 0.3 is 6.09 Å². The third-order valence-corrected chi connectivity index (χ3v) is 7.24. The lowest BCUT2D eigenvalue weighted by Crippen LogP contribution is -2.44. The number of carbonyl (C=O) groups excluding carboxylic acids is 1. The van der Waals surface area contributed by atoms with Gasteiger partial charge in [0.1, 0.15) is 18.2 Å². The average molecular weight is 512 g/mol. The lowest BCUT2D eigenvalue weighted by atomic mass is 9.95. The molecule has 1 unspecified atom stereocenters. The van der Waals surface area contributed by atoms with E-state index in [0.29, 0.717) is 24.2 Å². The Bertz CT molecular complexity index is 1170. The minimum Gasteiger partial charge on any atom is -0.486 e. The molecule has 194 valence electrons. The van der Waals surface area contributed by atoms with Gasteiger partial charge in [-0.1, -0.05) is 31.5 Å². The number of halogens is 1. The van der Waals surface area contributed by atoms with Gasteiger partial charge < -0.3 is 19.4 Å². The van der Waals surface area contributed by atoms with Crippen LogP contribution in [0.5, 0.6) is 5.75 Å². The number of ether oxygens (including phenoxy) is 2. The number of piperidine rings is 1. The van der Waals surface area contributed by atoms with E-state index >= 15 is 0 Å². The van der Waals surface area contributed by atoms with Crippen LogP contribution in [0.2, 0.25) is 5.02 Å². The number of imidazole rings is 1. The van der Waals surface area contributed by atoms with Gasteiger partial charge in [0.05, 0.1) is 17.6 Å². The molecule has 6 nitrogen and oxygen atoms in total. The summed E-state index contributed by atoms with van der Waals surface area (Å²) >= 11 is 5.97. The molecule has 7 heteroatoms. The first-order valence-corrected chi connectivity index (χ1v) is 13.5. The average Bonchev–Trinajstić information content (AvgIpc) is 3.30. The van der Waals surface area contributed by atoms with Crippen molar-refractivity contribution in [1.29, 1.82) is 0 Å². The predicted molar refractivity (Wildman–Crippen MR) is 145 cm³/mol. The van der Waals surface area contributed by atoms with Gasteiger partial charge in [-0.3, -0.25) is 0 Å². The molecule has 1 N–H and O–H groups in total. The number of amides is 1. The van der Waals surface area contributed by atoms with Crippen LogP contribution in [0.3, 0.4) is 0 Å². The maximum Gasteiger partial charge on any atom is 0.410 e. The van der Waals surface area contributed by atoms with E-state index in [2.05, 4.69) is 38.7 Å². The second-order valence-corrected chi connectivity index (χ2v) is 10.8. The van der Waals surface area contributed by atoms with Gasteiger partial charge in [-0.2, -0.15) is 0 Å². The van der Waals surface area contributed by atoms with E-state index in [1.807, 2.05) is 29.2 Å². The third-order valence-electron chi connectivity index (χ3n) is 6.99. The predicted octanol–water partition coefficient (Wildman–Crippen LogP) is 7.38. The highest BCUT2D eigenvalue weighted by molar-refractivity contribution is 6.30. The van der Waals surface area contributed by atoms with Crippen LogP contribution in [0.1, 0.15) is 68.5 Å². The van der Waals surface area contributed by atoms with Crippen molar-refractivity contribution in [3.05, 3.63) is 57.9 Å². The molecule has 2 aromatic carbocycles. The van der Waals surface area contributed by atoms with E-state index in [1.54, 1.807) is 0 Å². The maximum absolute atomic E-state index is 12.7. The largest absolute Gasteiger partial charge is 0.486 e. The van der Waals surface area contributed by atoms with Crippen LogP contribution in [-0.2, 0) is 17.8 Å². The van der Waals surface area contributed by atoms with E-state index in [0.717, 1.165) is 61.3 Å². The zero-order chi connectivity index (χ0) is 25.7. The molecule has 1 atom stereocenters. The van der Waals surface area contributed by atoms with Crippen molar-refractivity contribution in [3.63, 3.8) is 0 Å². The van der Waals surface area contributed by atoms with E-state index < -0.39 is 0 Å². The third kappa shape index (κ3) is 6.52. The van der Waals surface area contributed by atoms with E-state index in [4.69, 9.17) is 26.1 Å². The molecule has 1 amide bonds. The number of hydrogen-bond acceptors (Lipinski definition) is 4. The molecule has 2 heterocycles. The van der Waals surface area contributed by atoms with Crippen LogP contribution in [-0.4, -0.2) is 40.2 Å². The van der Waals surface area contributed by atoms with E-state index in [9.17, 15) is 4.79 Å². The monoisotopic (exact) mass is 511 g/mol. The molecule has 0 aliphatic carbocycles. The van der Waals surface area contributed by atoms with Gasteiger partial charge in [0.15, 0.2) is 0 Å². The highest BCUT2D eigenvalue weighted by Crippen LogP contribution is 2.28. The number of carbonyl (C=O) groups is 1. The van der Waals surface area contributed by atoms with Gasteiger partial charge in [0.25, 0.3) is 0 Å². The normalized spacial score (nSPS) is 16.1. The van der Waals surface area contributed by atoms with Crippen molar-refractivity contribution >= 4 is 28.7 Å². The van der Waals surface area contributed by atoms with E-state index in [1.165, 1.54) is 23.1 Å². The molecule has 0 bridgehead atoms. The Balaban J connectivity index is 1.42. The Morgan fingerprint density at radius 1 is 1.22 bits per heavy atom. The quantitative estimate of drug-likeness (QED) is 0.325.